The number of carbonyl (C=O) groups is 2. The summed E-state index contributed by atoms with van der Waals surface area (Å²) in [4.78, 5) is 25.0. The third kappa shape index (κ3) is 2.85. The molecular weight excluding hydrogens is 359 g/mol. The molecule has 0 aromatic heterocycles. The van der Waals surface area contributed by atoms with Crippen LogP contribution in [0.4, 0.5) is 13.2 Å². The zero-order valence-corrected chi connectivity index (χ0v) is 14.7. The number of alkyl halides is 1. The van der Waals surface area contributed by atoms with Gasteiger partial charge in [0.15, 0.2) is 5.78 Å². The Morgan fingerprint density at radius 1 is 1.26 bits per heavy atom. The van der Waals surface area contributed by atoms with Gasteiger partial charge in [0.2, 0.25) is 0 Å². The van der Waals surface area contributed by atoms with Gasteiger partial charge in [0.1, 0.15) is 18.3 Å². The minimum atomic E-state index is -1.03. The van der Waals surface area contributed by atoms with Crippen molar-refractivity contribution in [1.29, 1.82) is 0 Å². The molecule has 1 saturated carbocycles. The Hall–Kier alpha value is -2.57. The minimum Gasteiger partial charge on any atom is -0.466 e. The predicted octanol–water partition coefficient (Wildman–Crippen LogP) is 3.54. The van der Waals surface area contributed by atoms with Crippen molar-refractivity contribution in [1.82, 2.24) is 5.32 Å². The van der Waals surface area contributed by atoms with E-state index in [1.807, 2.05) is 0 Å². The molecule has 4 rings (SSSR count). The lowest BCUT2D eigenvalue weighted by molar-refractivity contribution is -0.136. The van der Waals surface area contributed by atoms with Crippen molar-refractivity contribution in [3.05, 3.63) is 57.4 Å². The number of rotatable bonds is 4. The maximum absolute atomic E-state index is 14.6. The molecule has 1 aromatic carbocycles. The molecule has 0 radical (unpaired) electrons. The summed E-state index contributed by atoms with van der Waals surface area (Å²) in [5.41, 5.74) is 1.18. The predicted molar refractivity (Wildman–Crippen MR) is 90.5 cm³/mol. The van der Waals surface area contributed by atoms with Crippen LogP contribution in [0.15, 0.2) is 34.7 Å². The summed E-state index contributed by atoms with van der Waals surface area (Å²) >= 11 is 0. The van der Waals surface area contributed by atoms with E-state index in [1.54, 1.807) is 0 Å². The molecule has 1 N–H and O–H groups in total. The van der Waals surface area contributed by atoms with Crippen LogP contribution in [0.1, 0.15) is 48.6 Å². The van der Waals surface area contributed by atoms with E-state index in [-0.39, 0.29) is 40.5 Å². The third-order valence-electron chi connectivity index (χ3n) is 5.39. The first-order valence-corrected chi connectivity index (χ1v) is 8.85. The van der Waals surface area contributed by atoms with Crippen molar-refractivity contribution in [2.24, 2.45) is 0 Å². The number of esters is 1. The number of methoxy groups -OCH3 is 1. The van der Waals surface area contributed by atoms with Crippen LogP contribution in [-0.4, -0.2) is 25.5 Å². The van der Waals surface area contributed by atoms with Crippen molar-refractivity contribution in [2.45, 2.75) is 37.5 Å². The standard InChI is InChI=1S/C20H18F3NO3/c1-27-20(26)19-14(8-21)24-13-4-5-15(25)18(13)17(19)11-6-10(22)7-12(23)16(11)9-2-3-9/h6-7,9,17,24H,2-5,8H2,1H3/t17-/m1/s1. The van der Waals surface area contributed by atoms with Crippen LogP contribution in [0.3, 0.4) is 0 Å². The summed E-state index contributed by atoms with van der Waals surface area (Å²) in [5, 5.41) is 2.83. The van der Waals surface area contributed by atoms with Crippen LogP contribution >= 0.6 is 0 Å². The van der Waals surface area contributed by atoms with Gasteiger partial charge in [0, 0.05) is 29.7 Å². The van der Waals surface area contributed by atoms with E-state index in [4.69, 9.17) is 4.74 Å². The van der Waals surface area contributed by atoms with Crippen molar-refractivity contribution in [3.8, 4) is 0 Å². The van der Waals surface area contributed by atoms with Gasteiger partial charge in [-0.25, -0.2) is 18.0 Å². The van der Waals surface area contributed by atoms with Crippen molar-refractivity contribution in [3.63, 3.8) is 0 Å². The third-order valence-corrected chi connectivity index (χ3v) is 5.39. The van der Waals surface area contributed by atoms with Crippen LogP contribution in [0.2, 0.25) is 0 Å². The highest BCUT2D eigenvalue weighted by molar-refractivity contribution is 6.05. The number of ether oxygens (including phenoxy) is 1. The lowest BCUT2D eigenvalue weighted by Gasteiger charge is -2.30. The summed E-state index contributed by atoms with van der Waals surface area (Å²) in [6, 6.07) is 1.96. The first-order valence-electron chi connectivity index (χ1n) is 8.85. The van der Waals surface area contributed by atoms with Gasteiger partial charge < -0.3 is 10.1 Å². The summed E-state index contributed by atoms with van der Waals surface area (Å²) < 4.78 is 47.3. The number of ketones is 1. The second-order valence-electron chi connectivity index (χ2n) is 7.06. The highest BCUT2D eigenvalue weighted by Crippen LogP contribution is 2.50. The Kier molecular flexibility index (Phi) is 4.32. The number of hydrogen-bond acceptors (Lipinski definition) is 4. The first-order chi connectivity index (χ1) is 13.0. The number of dihydropyridines is 1. The molecule has 0 unspecified atom stereocenters. The molecule has 1 aliphatic heterocycles. The molecule has 0 bridgehead atoms. The Bertz CT molecular complexity index is 915. The molecule has 0 spiro atoms. The monoisotopic (exact) mass is 377 g/mol. The molecule has 142 valence electrons. The quantitative estimate of drug-likeness (QED) is 0.816. The Morgan fingerprint density at radius 3 is 2.63 bits per heavy atom. The highest BCUT2D eigenvalue weighted by Gasteiger charge is 2.44. The zero-order chi connectivity index (χ0) is 19.3. The van der Waals surface area contributed by atoms with E-state index in [0.29, 0.717) is 17.7 Å². The second-order valence-corrected chi connectivity index (χ2v) is 7.06. The topological polar surface area (TPSA) is 55.4 Å². The number of halogens is 3. The lowest BCUT2D eigenvalue weighted by atomic mass is 9.77. The molecule has 1 atom stereocenters. The van der Waals surface area contributed by atoms with Crippen LogP contribution in [0.25, 0.3) is 0 Å². The Balaban J connectivity index is 1.99. The van der Waals surface area contributed by atoms with Crippen LogP contribution < -0.4 is 5.32 Å². The average Bonchev–Trinajstić information content (AvgIpc) is 3.41. The SMILES string of the molecule is COC(=O)C1=C(CF)NC2=C(C(=O)CC2)[C@H]1c1cc(F)cc(F)c1C1CC1. The summed E-state index contributed by atoms with van der Waals surface area (Å²) in [6.45, 7) is -0.984. The normalized spacial score (nSPS) is 22.1. The second kappa shape index (κ2) is 6.55. The van der Waals surface area contributed by atoms with E-state index < -0.39 is 30.2 Å². The molecule has 3 aliphatic rings. The first kappa shape index (κ1) is 17.8. The van der Waals surface area contributed by atoms with Gasteiger partial charge >= 0.3 is 5.97 Å². The van der Waals surface area contributed by atoms with Gasteiger partial charge in [-0.05, 0) is 42.4 Å². The summed E-state index contributed by atoms with van der Waals surface area (Å²) in [7, 11) is 1.15. The molecule has 4 nitrogen and oxygen atoms in total. The van der Waals surface area contributed by atoms with Crippen molar-refractivity contribution >= 4 is 11.8 Å². The van der Waals surface area contributed by atoms with E-state index in [0.717, 1.165) is 32.1 Å². The number of benzene rings is 1. The molecule has 1 aromatic rings. The largest absolute Gasteiger partial charge is 0.466 e. The fourth-order valence-corrected chi connectivity index (χ4v) is 4.12. The minimum absolute atomic E-state index is 0.0216. The average molecular weight is 377 g/mol. The fraction of sp³-hybridized carbons (Fsp3) is 0.400. The van der Waals surface area contributed by atoms with E-state index >= 15 is 0 Å². The molecular formula is C20H18F3NO3. The van der Waals surface area contributed by atoms with Gasteiger partial charge in [0.25, 0.3) is 0 Å². The van der Waals surface area contributed by atoms with Gasteiger partial charge in [-0.3, -0.25) is 4.79 Å². The molecule has 7 heteroatoms. The maximum Gasteiger partial charge on any atom is 0.336 e. The van der Waals surface area contributed by atoms with Gasteiger partial charge in [-0.15, -0.1) is 0 Å². The maximum atomic E-state index is 14.6. The number of allylic oxidation sites excluding steroid dienone is 3. The summed E-state index contributed by atoms with van der Waals surface area (Å²) in [5.74, 6) is -3.67. The number of carbonyl (C=O) groups excluding carboxylic acids is 2. The Morgan fingerprint density at radius 2 is 2.00 bits per heavy atom. The van der Waals surface area contributed by atoms with Crippen LogP contribution in [0, 0.1) is 11.6 Å². The van der Waals surface area contributed by atoms with Crippen molar-refractivity contribution < 1.29 is 27.5 Å². The van der Waals surface area contributed by atoms with Gasteiger partial charge in [0.05, 0.1) is 18.4 Å². The summed E-state index contributed by atoms with van der Waals surface area (Å²) in [6.07, 6.45) is 2.07. The van der Waals surface area contributed by atoms with E-state index in [9.17, 15) is 22.8 Å². The molecule has 1 heterocycles. The smallest absolute Gasteiger partial charge is 0.336 e. The molecule has 0 saturated heterocycles. The molecule has 0 amide bonds. The van der Waals surface area contributed by atoms with Crippen LogP contribution in [0.5, 0.6) is 0 Å². The van der Waals surface area contributed by atoms with Crippen molar-refractivity contribution in [2.75, 3.05) is 13.8 Å². The van der Waals surface area contributed by atoms with E-state index in [1.165, 1.54) is 0 Å². The molecule has 1 fully saturated rings. The van der Waals surface area contributed by atoms with Crippen LogP contribution in [-0.2, 0) is 14.3 Å². The molecule has 27 heavy (non-hydrogen) atoms. The number of nitrogens with one attached hydrogen (secondary N) is 1. The number of hydrogen-bond donors (Lipinski definition) is 1. The van der Waals surface area contributed by atoms with Gasteiger partial charge in [-0.2, -0.15) is 0 Å². The lowest BCUT2D eigenvalue weighted by Crippen LogP contribution is -2.32. The highest BCUT2D eigenvalue weighted by atomic mass is 19.1. The Labute approximate surface area is 154 Å². The molecule has 2 aliphatic carbocycles. The zero-order valence-electron chi connectivity index (χ0n) is 14.7. The van der Waals surface area contributed by atoms with E-state index in [2.05, 4.69) is 5.32 Å². The number of Topliss-reactive ketones (excluding diaryl/α,β-unsaturated/α-hetero) is 1. The van der Waals surface area contributed by atoms with Gasteiger partial charge in [-0.1, -0.05) is 0 Å². The fourth-order valence-electron chi connectivity index (χ4n) is 4.12.